The summed E-state index contributed by atoms with van der Waals surface area (Å²) >= 11 is 3.39. The second kappa shape index (κ2) is 3.76. The fourth-order valence-electron chi connectivity index (χ4n) is 0.873. The van der Waals surface area contributed by atoms with Crippen LogP contribution in [0.4, 0.5) is 0 Å². The molecule has 0 saturated heterocycles. The molecule has 0 radical (unpaired) electrons. The Balaban J connectivity index is 2.49. The van der Waals surface area contributed by atoms with Crippen molar-refractivity contribution in [2.45, 2.75) is 12.8 Å². The molecule has 1 aromatic heterocycles. The molecular weight excluding hydrogens is 192 g/mol. The first-order chi connectivity index (χ1) is 4.84. The molecule has 56 valence electrons. The molecular formula is C7H11BrN2. The summed E-state index contributed by atoms with van der Waals surface area (Å²) in [5.74, 6) is 0. The van der Waals surface area contributed by atoms with Crippen LogP contribution in [0.15, 0.2) is 12.5 Å². The van der Waals surface area contributed by atoms with Crippen LogP contribution in [0.1, 0.15) is 12.1 Å². The van der Waals surface area contributed by atoms with E-state index >= 15 is 0 Å². The van der Waals surface area contributed by atoms with Crippen LogP contribution in [0.5, 0.6) is 0 Å². The van der Waals surface area contributed by atoms with Gasteiger partial charge in [-0.05, 0) is 12.8 Å². The van der Waals surface area contributed by atoms with Gasteiger partial charge in [0.15, 0.2) is 0 Å². The molecule has 0 N–H and O–H groups in total. The van der Waals surface area contributed by atoms with Crippen LogP contribution in [0, 0.1) is 0 Å². The normalized spacial score (nSPS) is 10.2. The quantitative estimate of drug-likeness (QED) is 0.684. The van der Waals surface area contributed by atoms with Crippen molar-refractivity contribution in [1.29, 1.82) is 0 Å². The summed E-state index contributed by atoms with van der Waals surface area (Å²) in [4.78, 5) is 4.02. The molecule has 1 rings (SSSR count). The summed E-state index contributed by atoms with van der Waals surface area (Å²) in [6.07, 6.45) is 6.05. The van der Waals surface area contributed by atoms with E-state index < -0.39 is 0 Å². The van der Waals surface area contributed by atoms with Crippen molar-refractivity contribution in [1.82, 2.24) is 9.55 Å². The van der Waals surface area contributed by atoms with Crippen LogP contribution in [-0.2, 0) is 13.5 Å². The van der Waals surface area contributed by atoms with Crippen LogP contribution < -0.4 is 0 Å². The minimum atomic E-state index is 1.07. The largest absolute Gasteiger partial charge is 0.338 e. The van der Waals surface area contributed by atoms with Gasteiger partial charge in [0.2, 0.25) is 0 Å². The standard InChI is InChI=1S/C7H11BrN2/c1-10-6-9-5-7(10)3-2-4-8/h5-6H,2-4H2,1H3. The van der Waals surface area contributed by atoms with Crippen molar-refractivity contribution in [3.8, 4) is 0 Å². The van der Waals surface area contributed by atoms with Gasteiger partial charge in [0, 0.05) is 24.3 Å². The van der Waals surface area contributed by atoms with Gasteiger partial charge in [0.1, 0.15) is 0 Å². The summed E-state index contributed by atoms with van der Waals surface area (Å²) in [5, 5.41) is 1.07. The van der Waals surface area contributed by atoms with Gasteiger partial charge in [-0.1, -0.05) is 15.9 Å². The van der Waals surface area contributed by atoms with E-state index in [1.165, 1.54) is 12.1 Å². The number of nitrogens with zero attached hydrogens (tertiary/aromatic N) is 2. The van der Waals surface area contributed by atoms with E-state index in [-0.39, 0.29) is 0 Å². The Morgan fingerprint density at radius 1 is 1.70 bits per heavy atom. The molecule has 2 nitrogen and oxygen atoms in total. The Bertz CT molecular complexity index is 195. The minimum absolute atomic E-state index is 1.07. The number of aryl methyl sites for hydroxylation is 2. The van der Waals surface area contributed by atoms with Crippen molar-refractivity contribution < 1.29 is 0 Å². The molecule has 0 amide bonds. The van der Waals surface area contributed by atoms with Crippen molar-refractivity contribution in [2.24, 2.45) is 7.05 Å². The average Bonchev–Trinajstić information content (AvgIpc) is 2.31. The van der Waals surface area contributed by atoms with Gasteiger partial charge in [0.25, 0.3) is 0 Å². The lowest BCUT2D eigenvalue weighted by Gasteiger charge is -1.97. The number of alkyl halides is 1. The first kappa shape index (κ1) is 7.79. The highest BCUT2D eigenvalue weighted by atomic mass is 79.9. The fraction of sp³-hybridized carbons (Fsp3) is 0.571. The number of rotatable bonds is 3. The van der Waals surface area contributed by atoms with Gasteiger partial charge in [-0.25, -0.2) is 4.98 Å². The van der Waals surface area contributed by atoms with E-state index in [2.05, 4.69) is 25.5 Å². The maximum Gasteiger partial charge on any atom is 0.0945 e. The second-order valence-corrected chi connectivity index (χ2v) is 3.08. The monoisotopic (exact) mass is 202 g/mol. The van der Waals surface area contributed by atoms with Gasteiger partial charge < -0.3 is 4.57 Å². The van der Waals surface area contributed by atoms with Crippen LogP contribution >= 0.6 is 15.9 Å². The van der Waals surface area contributed by atoms with Crippen LogP contribution in [0.25, 0.3) is 0 Å². The summed E-state index contributed by atoms with van der Waals surface area (Å²) < 4.78 is 2.06. The van der Waals surface area contributed by atoms with Gasteiger partial charge in [0.05, 0.1) is 6.33 Å². The Morgan fingerprint density at radius 2 is 2.50 bits per heavy atom. The maximum atomic E-state index is 4.02. The Labute approximate surface area is 69.4 Å². The molecule has 10 heavy (non-hydrogen) atoms. The highest BCUT2D eigenvalue weighted by Gasteiger charge is 1.95. The Morgan fingerprint density at radius 3 is 3.00 bits per heavy atom. The topological polar surface area (TPSA) is 17.8 Å². The average molecular weight is 203 g/mol. The molecule has 1 aromatic rings. The van der Waals surface area contributed by atoms with Crippen molar-refractivity contribution >= 4 is 15.9 Å². The number of imidazole rings is 1. The lowest BCUT2D eigenvalue weighted by molar-refractivity contribution is 0.791. The molecule has 0 atom stereocenters. The minimum Gasteiger partial charge on any atom is -0.338 e. The Hall–Kier alpha value is -0.310. The van der Waals surface area contributed by atoms with E-state index in [1.54, 1.807) is 0 Å². The van der Waals surface area contributed by atoms with E-state index in [0.29, 0.717) is 0 Å². The summed E-state index contributed by atoms with van der Waals surface area (Å²) in [7, 11) is 2.02. The molecule has 0 saturated carbocycles. The molecule has 0 fully saturated rings. The third kappa shape index (κ3) is 1.84. The highest BCUT2D eigenvalue weighted by molar-refractivity contribution is 9.09. The number of halogens is 1. The van der Waals surface area contributed by atoms with Crippen LogP contribution in [-0.4, -0.2) is 14.9 Å². The third-order valence-corrected chi connectivity index (χ3v) is 2.04. The van der Waals surface area contributed by atoms with Gasteiger partial charge in [-0.15, -0.1) is 0 Å². The molecule has 0 aliphatic rings. The second-order valence-electron chi connectivity index (χ2n) is 2.29. The molecule has 0 aromatic carbocycles. The molecule has 0 aliphatic carbocycles. The number of aromatic nitrogens is 2. The Kier molecular flexibility index (Phi) is 2.93. The lowest BCUT2D eigenvalue weighted by Crippen LogP contribution is -1.94. The SMILES string of the molecule is Cn1cncc1CCCBr. The first-order valence-electron chi connectivity index (χ1n) is 3.35. The zero-order chi connectivity index (χ0) is 7.40. The summed E-state index contributed by atoms with van der Waals surface area (Å²) in [6, 6.07) is 0. The van der Waals surface area contributed by atoms with Crippen LogP contribution in [0.3, 0.4) is 0 Å². The molecule has 0 spiro atoms. The highest BCUT2D eigenvalue weighted by Crippen LogP contribution is 2.01. The molecule has 1 heterocycles. The predicted octanol–water partition coefficient (Wildman–Crippen LogP) is 1.75. The molecule has 3 heteroatoms. The summed E-state index contributed by atoms with van der Waals surface area (Å²) in [6.45, 7) is 0. The zero-order valence-electron chi connectivity index (χ0n) is 6.05. The fourth-order valence-corrected chi connectivity index (χ4v) is 1.15. The zero-order valence-corrected chi connectivity index (χ0v) is 7.63. The smallest absolute Gasteiger partial charge is 0.0945 e. The van der Waals surface area contributed by atoms with E-state index in [9.17, 15) is 0 Å². The van der Waals surface area contributed by atoms with Crippen LogP contribution in [0.2, 0.25) is 0 Å². The number of hydrogen-bond donors (Lipinski definition) is 0. The first-order valence-corrected chi connectivity index (χ1v) is 4.48. The number of hydrogen-bond acceptors (Lipinski definition) is 1. The van der Waals surface area contributed by atoms with E-state index in [4.69, 9.17) is 0 Å². The molecule has 0 unspecified atom stereocenters. The maximum absolute atomic E-state index is 4.02. The van der Waals surface area contributed by atoms with Crippen molar-refractivity contribution in [3.63, 3.8) is 0 Å². The van der Waals surface area contributed by atoms with Crippen molar-refractivity contribution in [3.05, 3.63) is 18.2 Å². The van der Waals surface area contributed by atoms with E-state index in [0.717, 1.165) is 11.8 Å². The molecule has 0 aliphatic heterocycles. The van der Waals surface area contributed by atoms with Crippen molar-refractivity contribution in [2.75, 3.05) is 5.33 Å². The van der Waals surface area contributed by atoms with Gasteiger partial charge in [-0.3, -0.25) is 0 Å². The predicted molar refractivity (Wildman–Crippen MR) is 45.3 cm³/mol. The van der Waals surface area contributed by atoms with E-state index in [1.807, 2.05) is 19.6 Å². The third-order valence-electron chi connectivity index (χ3n) is 1.48. The van der Waals surface area contributed by atoms with Gasteiger partial charge in [-0.2, -0.15) is 0 Å². The molecule has 0 bridgehead atoms. The lowest BCUT2D eigenvalue weighted by atomic mass is 10.3. The van der Waals surface area contributed by atoms with Gasteiger partial charge >= 0.3 is 0 Å². The summed E-state index contributed by atoms with van der Waals surface area (Å²) in [5.41, 5.74) is 1.31.